The van der Waals surface area contributed by atoms with Crippen LogP contribution in [0, 0.1) is 5.92 Å². The summed E-state index contributed by atoms with van der Waals surface area (Å²) < 4.78 is 5.28. The van der Waals surface area contributed by atoms with Crippen LogP contribution < -0.4 is 10.6 Å². The quantitative estimate of drug-likeness (QED) is 0.711. The molecule has 3 N–H and O–H groups in total. The van der Waals surface area contributed by atoms with Crippen LogP contribution >= 0.6 is 0 Å². The average Bonchev–Trinajstić information content (AvgIpc) is 2.45. The Balaban J connectivity index is 2.79. The van der Waals surface area contributed by atoms with Crippen LogP contribution in [-0.2, 0) is 16.0 Å². The molecule has 1 rings (SSSR count). The van der Waals surface area contributed by atoms with Gasteiger partial charge in [0, 0.05) is 18.8 Å². The third-order valence-corrected chi connectivity index (χ3v) is 3.51. The van der Waals surface area contributed by atoms with E-state index in [-0.39, 0.29) is 6.04 Å². The minimum Gasteiger partial charge on any atom is -0.481 e. The molecule has 0 saturated heterocycles. The highest BCUT2D eigenvalue weighted by molar-refractivity contribution is 5.70. The summed E-state index contributed by atoms with van der Waals surface area (Å²) in [5.41, 5.74) is 1.42. The van der Waals surface area contributed by atoms with Gasteiger partial charge in [0.05, 0.1) is 5.92 Å². The standard InChI is InChI=1S/C18H28N2O4/c1-12(16(21)22)10-15(20-17(23)24-18(2,3)4)11-13-6-8-14(19-5)9-7-13/h6-9,12,15,19H,10-11H2,1-5H3,(H,20,23)(H,21,22)/t12?,15-/m1/s1. The molecular formula is C18H28N2O4. The van der Waals surface area contributed by atoms with Crippen LogP contribution in [0.1, 0.15) is 39.7 Å². The Morgan fingerprint density at radius 3 is 2.25 bits per heavy atom. The van der Waals surface area contributed by atoms with Gasteiger partial charge in [-0.2, -0.15) is 0 Å². The van der Waals surface area contributed by atoms with Gasteiger partial charge in [0.2, 0.25) is 0 Å². The van der Waals surface area contributed by atoms with Gasteiger partial charge in [-0.05, 0) is 51.3 Å². The number of nitrogens with one attached hydrogen (secondary N) is 2. The number of benzene rings is 1. The van der Waals surface area contributed by atoms with Gasteiger partial charge in [-0.15, -0.1) is 0 Å². The molecule has 0 aliphatic heterocycles. The maximum absolute atomic E-state index is 12.0. The van der Waals surface area contributed by atoms with Crippen LogP contribution in [0.3, 0.4) is 0 Å². The Morgan fingerprint density at radius 1 is 1.21 bits per heavy atom. The first-order chi connectivity index (χ1) is 11.1. The van der Waals surface area contributed by atoms with E-state index in [1.54, 1.807) is 27.7 Å². The molecule has 0 aliphatic carbocycles. The largest absolute Gasteiger partial charge is 0.481 e. The molecule has 0 heterocycles. The average molecular weight is 336 g/mol. The molecule has 0 radical (unpaired) electrons. The first-order valence-corrected chi connectivity index (χ1v) is 8.09. The second kappa shape index (κ2) is 8.57. The molecule has 0 bridgehead atoms. The van der Waals surface area contributed by atoms with Crippen molar-refractivity contribution in [2.75, 3.05) is 12.4 Å². The molecule has 6 heteroatoms. The van der Waals surface area contributed by atoms with Crippen LogP contribution in [-0.4, -0.2) is 35.9 Å². The molecule has 1 aromatic carbocycles. The summed E-state index contributed by atoms with van der Waals surface area (Å²) >= 11 is 0. The zero-order valence-electron chi connectivity index (χ0n) is 15.1. The number of hydrogen-bond acceptors (Lipinski definition) is 4. The van der Waals surface area contributed by atoms with Gasteiger partial charge < -0.3 is 20.5 Å². The third kappa shape index (κ3) is 7.35. The molecule has 0 aromatic heterocycles. The maximum Gasteiger partial charge on any atom is 0.407 e. The van der Waals surface area contributed by atoms with Crippen molar-refractivity contribution < 1.29 is 19.4 Å². The number of alkyl carbamates (subject to hydrolysis) is 1. The van der Waals surface area contributed by atoms with E-state index in [9.17, 15) is 9.59 Å². The van der Waals surface area contributed by atoms with Crippen molar-refractivity contribution in [1.82, 2.24) is 5.32 Å². The lowest BCUT2D eigenvalue weighted by molar-refractivity contribution is -0.141. The van der Waals surface area contributed by atoms with E-state index >= 15 is 0 Å². The molecule has 6 nitrogen and oxygen atoms in total. The second-order valence-electron chi connectivity index (χ2n) is 6.97. The highest BCUT2D eigenvalue weighted by atomic mass is 16.6. The summed E-state index contributed by atoms with van der Waals surface area (Å²) in [5, 5.41) is 15.0. The minimum atomic E-state index is -0.878. The molecule has 2 atom stereocenters. The van der Waals surface area contributed by atoms with Gasteiger partial charge in [-0.3, -0.25) is 4.79 Å². The van der Waals surface area contributed by atoms with Gasteiger partial charge in [0.25, 0.3) is 0 Å². The van der Waals surface area contributed by atoms with Crippen molar-refractivity contribution in [3.05, 3.63) is 29.8 Å². The van der Waals surface area contributed by atoms with Gasteiger partial charge in [-0.25, -0.2) is 4.79 Å². The summed E-state index contributed by atoms with van der Waals surface area (Å²) in [6.45, 7) is 7.00. The molecule has 24 heavy (non-hydrogen) atoms. The van der Waals surface area contributed by atoms with E-state index in [0.29, 0.717) is 12.8 Å². The van der Waals surface area contributed by atoms with Crippen molar-refractivity contribution in [3.8, 4) is 0 Å². The van der Waals surface area contributed by atoms with Gasteiger partial charge in [0.15, 0.2) is 0 Å². The lowest BCUT2D eigenvalue weighted by atomic mass is 9.96. The predicted molar refractivity (Wildman–Crippen MR) is 94.3 cm³/mol. The smallest absolute Gasteiger partial charge is 0.407 e. The van der Waals surface area contributed by atoms with E-state index in [1.807, 2.05) is 31.3 Å². The van der Waals surface area contributed by atoms with E-state index < -0.39 is 23.6 Å². The Hall–Kier alpha value is -2.24. The Kier molecular flexibility index (Phi) is 7.07. The fraction of sp³-hybridized carbons (Fsp3) is 0.556. The molecule has 0 spiro atoms. The summed E-state index contributed by atoms with van der Waals surface area (Å²) in [4.78, 5) is 23.2. The molecule has 0 aliphatic rings. The zero-order chi connectivity index (χ0) is 18.3. The number of hydrogen-bond donors (Lipinski definition) is 3. The monoisotopic (exact) mass is 336 g/mol. The summed E-state index contributed by atoms with van der Waals surface area (Å²) in [6.07, 6.45) is 0.348. The summed E-state index contributed by atoms with van der Waals surface area (Å²) in [5.74, 6) is -1.43. The first-order valence-electron chi connectivity index (χ1n) is 8.09. The van der Waals surface area contributed by atoms with Crippen molar-refractivity contribution in [1.29, 1.82) is 0 Å². The Labute approximate surface area is 143 Å². The fourth-order valence-corrected chi connectivity index (χ4v) is 2.29. The predicted octanol–water partition coefficient (Wildman–Crippen LogP) is 3.27. The lowest BCUT2D eigenvalue weighted by Crippen LogP contribution is -2.41. The summed E-state index contributed by atoms with van der Waals surface area (Å²) in [7, 11) is 1.84. The van der Waals surface area contributed by atoms with Gasteiger partial charge in [0.1, 0.15) is 5.60 Å². The van der Waals surface area contributed by atoms with E-state index in [4.69, 9.17) is 9.84 Å². The summed E-state index contributed by atoms with van der Waals surface area (Å²) in [6, 6.07) is 7.50. The maximum atomic E-state index is 12.0. The minimum absolute atomic E-state index is 0.314. The Morgan fingerprint density at radius 2 is 1.79 bits per heavy atom. The first kappa shape index (κ1) is 19.8. The SMILES string of the molecule is CNc1ccc(C[C@@H](CC(C)C(=O)O)NC(=O)OC(C)(C)C)cc1. The molecule has 1 amide bonds. The Bertz CT molecular complexity index is 549. The molecule has 134 valence electrons. The van der Waals surface area contributed by atoms with Gasteiger partial charge in [-0.1, -0.05) is 19.1 Å². The number of carbonyl (C=O) groups is 2. The van der Waals surface area contributed by atoms with E-state index in [1.165, 1.54) is 0 Å². The van der Waals surface area contributed by atoms with Crippen LogP contribution in [0.2, 0.25) is 0 Å². The van der Waals surface area contributed by atoms with Gasteiger partial charge >= 0.3 is 12.1 Å². The zero-order valence-corrected chi connectivity index (χ0v) is 15.1. The fourth-order valence-electron chi connectivity index (χ4n) is 2.29. The van der Waals surface area contributed by atoms with Crippen LogP contribution in [0.5, 0.6) is 0 Å². The van der Waals surface area contributed by atoms with Crippen molar-refractivity contribution in [2.24, 2.45) is 5.92 Å². The van der Waals surface area contributed by atoms with E-state index in [0.717, 1.165) is 11.3 Å². The molecule has 0 saturated carbocycles. The number of ether oxygens (including phenoxy) is 1. The van der Waals surface area contributed by atoms with Crippen molar-refractivity contribution in [3.63, 3.8) is 0 Å². The molecule has 1 unspecified atom stereocenters. The highest BCUT2D eigenvalue weighted by Crippen LogP contribution is 2.16. The number of aliphatic carboxylic acids is 1. The molecule has 0 fully saturated rings. The number of carbonyl (C=O) groups excluding carboxylic acids is 1. The van der Waals surface area contributed by atoms with Crippen LogP contribution in [0.25, 0.3) is 0 Å². The van der Waals surface area contributed by atoms with Crippen molar-refractivity contribution in [2.45, 2.75) is 52.2 Å². The lowest BCUT2D eigenvalue weighted by Gasteiger charge is -2.24. The van der Waals surface area contributed by atoms with Crippen LogP contribution in [0.4, 0.5) is 10.5 Å². The second-order valence-corrected chi connectivity index (χ2v) is 6.97. The third-order valence-electron chi connectivity index (χ3n) is 3.51. The topological polar surface area (TPSA) is 87.7 Å². The number of carboxylic acids is 1. The number of carboxylic acid groups (broad SMARTS) is 1. The highest BCUT2D eigenvalue weighted by Gasteiger charge is 2.23. The molecule has 1 aromatic rings. The normalized spacial score (nSPS) is 13.7. The van der Waals surface area contributed by atoms with Crippen LogP contribution in [0.15, 0.2) is 24.3 Å². The number of rotatable bonds is 7. The molecular weight excluding hydrogens is 308 g/mol. The van der Waals surface area contributed by atoms with Crippen molar-refractivity contribution >= 4 is 17.7 Å². The number of anilines is 1. The number of amides is 1. The van der Waals surface area contributed by atoms with E-state index in [2.05, 4.69) is 10.6 Å².